The Labute approximate surface area is 117 Å². The lowest BCUT2D eigenvalue weighted by Gasteiger charge is -2.38. The fourth-order valence-corrected chi connectivity index (χ4v) is 3.33. The summed E-state index contributed by atoms with van der Waals surface area (Å²) in [5, 5.41) is 0. The number of carbonyl (C=O) groups excluding carboxylic acids is 1. The third-order valence-electron chi connectivity index (χ3n) is 4.82. The first-order valence-corrected chi connectivity index (χ1v) is 7.92. The largest absolute Gasteiger partial charge is 0.340 e. The van der Waals surface area contributed by atoms with Gasteiger partial charge in [0.05, 0.1) is 0 Å². The van der Waals surface area contributed by atoms with Crippen LogP contribution in [0.5, 0.6) is 0 Å². The number of hydrogen-bond acceptors (Lipinski definition) is 3. The van der Waals surface area contributed by atoms with Crippen LogP contribution < -0.4 is 5.73 Å². The van der Waals surface area contributed by atoms with Gasteiger partial charge in [0.1, 0.15) is 0 Å². The van der Waals surface area contributed by atoms with E-state index in [0.29, 0.717) is 24.4 Å². The fraction of sp³-hybridized carbons (Fsp3) is 0.933. The second-order valence-corrected chi connectivity index (χ2v) is 6.21. The Morgan fingerprint density at radius 1 is 1.16 bits per heavy atom. The van der Waals surface area contributed by atoms with Gasteiger partial charge in [-0.3, -0.25) is 9.69 Å². The number of rotatable bonds is 4. The molecule has 2 aliphatic rings. The molecule has 1 saturated heterocycles. The zero-order valence-electron chi connectivity index (χ0n) is 12.3. The van der Waals surface area contributed by atoms with Gasteiger partial charge in [-0.1, -0.05) is 19.3 Å². The van der Waals surface area contributed by atoms with Crippen molar-refractivity contribution in [1.82, 2.24) is 9.80 Å². The maximum Gasteiger partial charge on any atom is 0.222 e. The third-order valence-corrected chi connectivity index (χ3v) is 4.82. The summed E-state index contributed by atoms with van der Waals surface area (Å²) >= 11 is 0. The van der Waals surface area contributed by atoms with Gasteiger partial charge in [-0.05, 0) is 25.7 Å². The Morgan fingerprint density at radius 3 is 2.37 bits per heavy atom. The van der Waals surface area contributed by atoms with Crippen molar-refractivity contribution in [3.63, 3.8) is 0 Å². The summed E-state index contributed by atoms with van der Waals surface area (Å²) in [6.07, 6.45) is 7.30. The van der Waals surface area contributed by atoms with Crippen molar-refractivity contribution in [3.05, 3.63) is 0 Å². The van der Waals surface area contributed by atoms with Gasteiger partial charge in [-0.25, -0.2) is 0 Å². The van der Waals surface area contributed by atoms with E-state index in [0.717, 1.165) is 32.6 Å². The van der Waals surface area contributed by atoms with Crippen LogP contribution in [0.4, 0.5) is 0 Å². The third kappa shape index (κ3) is 4.18. The summed E-state index contributed by atoms with van der Waals surface area (Å²) < 4.78 is 0. The van der Waals surface area contributed by atoms with Gasteiger partial charge in [0.2, 0.25) is 5.91 Å². The number of piperazine rings is 1. The molecule has 0 spiro atoms. The highest BCUT2D eigenvalue weighted by Crippen LogP contribution is 2.27. The van der Waals surface area contributed by atoms with E-state index in [9.17, 15) is 4.79 Å². The van der Waals surface area contributed by atoms with E-state index >= 15 is 0 Å². The summed E-state index contributed by atoms with van der Waals surface area (Å²) in [5.41, 5.74) is 5.70. The molecule has 0 aromatic heterocycles. The Balaban J connectivity index is 1.72. The molecule has 4 nitrogen and oxygen atoms in total. The number of amides is 1. The van der Waals surface area contributed by atoms with Crippen LogP contribution >= 0.6 is 0 Å². The molecule has 110 valence electrons. The van der Waals surface area contributed by atoms with Crippen LogP contribution in [0.25, 0.3) is 0 Å². The number of nitrogens with two attached hydrogens (primary N) is 1. The maximum absolute atomic E-state index is 12.3. The molecular weight excluding hydrogens is 238 g/mol. The minimum Gasteiger partial charge on any atom is -0.340 e. The molecule has 1 unspecified atom stereocenters. The van der Waals surface area contributed by atoms with Crippen molar-refractivity contribution in [3.8, 4) is 0 Å². The first-order valence-electron chi connectivity index (χ1n) is 7.92. The van der Waals surface area contributed by atoms with E-state index in [4.69, 9.17) is 5.73 Å². The first-order chi connectivity index (χ1) is 9.20. The van der Waals surface area contributed by atoms with Gasteiger partial charge >= 0.3 is 0 Å². The summed E-state index contributed by atoms with van der Waals surface area (Å²) in [7, 11) is 0. The van der Waals surface area contributed by atoms with E-state index < -0.39 is 0 Å². The van der Waals surface area contributed by atoms with Crippen molar-refractivity contribution < 1.29 is 4.79 Å². The monoisotopic (exact) mass is 267 g/mol. The first kappa shape index (κ1) is 14.8. The van der Waals surface area contributed by atoms with Crippen molar-refractivity contribution in [2.24, 2.45) is 11.7 Å². The molecule has 0 aromatic rings. The van der Waals surface area contributed by atoms with Gasteiger partial charge in [-0.15, -0.1) is 0 Å². The average Bonchev–Trinajstić information content (AvgIpc) is 2.47. The molecule has 2 N–H and O–H groups in total. The molecule has 2 rings (SSSR count). The summed E-state index contributed by atoms with van der Waals surface area (Å²) in [6.45, 7) is 6.60. The molecule has 1 saturated carbocycles. The van der Waals surface area contributed by atoms with Crippen LogP contribution in [0.2, 0.25) is 0 Å². The van der Waals surface area contributed by atoms with E-state index in [1.165, 1.54) is 32.1 Å². The lowest BCUT2D eigenvalue weighted by molar-refractivity contribution is -0.134. The van der Waals surface area contributed by atoms with Gasteiger partial charge in [0, 0.05) is 45.2 Å². The molecular formula is C15H29N3O. The van der Waals surface area contributed by atoms with Crippen LogP contribution in [-0.2, 0) is 4.79 Å². The molecule has 0 radical (unpaired) electrons. The van der Waals surface area contributed by atoms with E-state index in [1.807, 2.05) is 0 Å². The summed E-state index contributed by atoms with van der Waals surface area (Å²) in [4.78, 5) is 16.8. The van der Waals surface area contributed by atoms with Crippen LogP contribution in [0, 0.1) is 5.92 Å². The van der Waals surface area contributed by atoms with E-state index in [2.05, 4.69) is 16.7 Å². The van der Waals surface area contributed by atoms with Gasteiger partial charge in [-0.2, -0.15) is 0 Å². The molecule has 4 heteroatoms. The lowest BCUT2D eigenvalue weighted by atomic mass is 9.86. The second-order valence-electron chi connectivity index (χ2n) is 6.21. The Morgan fingerprint density at radius 2 is 1.79 bits per heavy atom. The molecule has 1 amide bonds. The highest BCUT2D eigenvalue weighted by molar-refractivity contribution is 5.76. The zero-order valence-corrected chi connectivity index (χ0v) is 12.3. The summed E-state index contributed by atoms with van der Waals surface area (Å²) in [5.74, 6) is 1.04. The van der Waals surface area contributed by atoms with Gasteiger partial charge < -0.3 is 10.6 Å². The number of hydrogen-bond donors (Lipinski definition) is 1. The molecule has 1 atom stereocenters. The summed E-state index contributed by atoms with van der Waals surface area (Å²) in [6, 6.07) is 0.440. The molecule has 1 aliphatic carbocycles. The topological polar surface area (TPSA) is 49.6 Å². The molecule has 0 bridgehead atoms. The quantitative estimate of drug-likeness (QED) is 0.838. The van der Waals surface area contributed by atoms with Crippen LogP contribution in [0.3, 0.4) is 0 Å². The molecule has 19 heavy (non-hydrogen) atoms. The smallest absolute Gasteiger partial charge is 0.222 e. The van der Waals surface area contributed by atoms with Crippen LogP contribution in [0.1, 0.15) is 45.4 Å². The van der Waals surface area contributed by atoms with E-state index in [1.54, 1.807) is 0 Å². The fourth-order valence-electron chi connectivity index (χ4n) is 3.33. The second kappa shape index (κ2) is 7.25. The lowest BCUT2D eigenvalue weighted by Crippen LogP contribution is -2.53. The van der Waals surface area contributed by atoms with Crippen molar-refractivity contribution >= 4 is 5.91 Å². The molecule has 0 aromatic carbocycles. The zero-order chi connectivity index (χ0) is 13.7. The normalized spacial score (nSPS) is 24.4. The maximum atomic E-state index is 12.3. The number of carbonyl (C=O) groups is 1. The van der Waals surface area contributed by atoms with Crippen LogP contribution in [-0.4, -0.2) is 54.5 Å². The average molecular weight is 267 g/mol. The van der Waals surface area contributed by atoms with E-state index in [-0.39, 0.29) is 0 Å². The minimum absolute atomic E-state index is 0.381. The SMILES string of the molecule is CC(CN)N1CCN(C(=O)CC2CCCCC2)CC1. The molecule has 2 fully saturated rings. The number of nitrogens with zero attached hydrogens (tertiary/aromatic N) is 2. The van der Waals surface area contributed by atoms with Crippen LogP contribution in [0.15, 0.2) is 0 Å². The Hall–Kier alpha value is -0.610. The molecule has 1 heterocycles. The van der Waals surface area contributed by atoms with Crippen molar-refractivity contribution in [2.45, 2.75) is 51.5 Å². The predicted octanol–water partition coefficient (Wildman–Crippen LogP) is 1.45. The van der Waals surface area contributed by atoms with Gasteiger partial charge in [0.15, 0.2) is 0 Å². The van der Waals surface area contributed by atoms with Crippen molar-refractivity contribution in [2.75, 3.05) is 32.7 Å². The predicted molar refractivity (Wildman–Crippen MR) is 77.9 cm³/mol. The Kier molecular flexibility index (Phi) is 5.64. The molecule has 1 aliphatic heterocycles. The standard InChI is InChI=1S/C15H29N3O/c1-13(12-16)17-7-9-18(10-8-17)15(19)11-14-5-3-2-4-6-14/h13-14H,2-12,16H2,1H3. The van der Waals surface area contributed by atoms with Crippen molar-refractivity contribution in [1.29, 1.82) is 0 Å². The minimum atomic E-state index is 0.381. The highest BCUT2D eigenvalue weighted by Gasteiger charge is 2.25. The van der Waals surface area contributed by atoms with Gasteiger partial charge in [0.25, 0.3) is 0 Å². The highest BCUT2D eigenvalue weighted by atomic mass is 16.2. The Bertz CT molecular complexity index is 281.